The summed E-state index contributed by atoms with van der Waals surface area (Å²) in [5.41, 5.74) is 5.28. The number of hydroxylamine groups is 1. The Hall–Kier alpha value is -2.86. The molecular formula is C20H25N3O3. The van der Waals surface area contributed by atoms with E-state index >= 15 is 0 Å². The Morgan fingerprint density at radius 3 is 2.50 bits per heavy atom. The lowest BCUT2D eigenvalue weighted by Crippen LogP contribution is -2.32. The van der Waals surface area contributed by atoms with E-state index in [9.17, 15) is 9.59 Å². The maximum Gasteiger partial charge on any atom is 0.343 e. The van der Waals surface area contributed by atoms with Gasteiger partial charge >= 0.3 is 6.03 Å². The van der Waals surface area contributed by atoms with Crippen molar-refractivity contribution in [1.82, 2.24) is 10.8 Å². The molecule has 0 fully saturated rings. The Kier molecular flexibility index (Phi) is 7.17. The third-order valence-electron chi connectivity index (χ3n) is 3.97. The number of anilines is 1. The fourth-order valence-electron chi connectivity index (χ4n) is 2.26. The van der Waals surface area contributed by atoms with E-state index in [1.807, 2.05) is 51.1 Å². The van der Waals surface area contributed by atoms with Crippen LogP contribution in [0, 0.1) is 6.92 Å². The highest BCUT2D eigenvalue weighted by Crippen LogP contribution is 2.16. The summed E-state index contributed by atoms with van der Waals surface area (Å²) in [6.07, 6.45) is 0.869. The molecule has 6 nitrogen and oxygen atoms in total. The first kappa shape index (κ1) is 19.5. The zero-order chi connectivity index (χ0) is 18.9. The van der Waals surface area contributed by atoms with E-state index in [1.165, 1.54) is 0 Å². The smallest absolute Gasteiger partial charge is 0.343 e. The highest BCUT2D eigenvalue weighted by atomic mass is 16.7. The van der Waals surface area contributed by atoms with Gasteiger partial charge in [-0.05, 0) is 49.6 Å². The number of carbonyl (C=O) groups excluding carboxylic acids is 2. The second kappa shape index (κ2) is 9.58. The van der Waals surface area contributed by atoms with Crippen LogP contribution in [0.25, 0.3) is 0 Å². The number of benzene rings is 2. The van der Waals surface area contributed by atoms with Crippen molar-refractivity contribution >= 4 is 17.6 Å². The lowest BCUT2D eigenvalue weighted by atomic mass is 10.1. The average Bonchev–Trinajstić information content (AvgIpc) is 2.64. The highest BCUT2D eigenvalue weighted by Gasteiger charge is 2.11. The molecule has 0 heterocycles. The quantitative estimate of drug-likeness (QED) is 0.661. The van der Waals surface area contributed by atoms with E-state index in [4.69, 9.17) is 4.84 Å². The van der Waals surface area contributed by atoms with Crippen LogP contribution in [0.4, 0.5) is 10.5 Å². The van der Waals surface area contributed by atoms with Crippen LogP contribution in [0.2, 0.25) is 0 Å². The number of carbonyl (C=O) groups is 2. The number of amides is 3. The van der Waals surface area contributed by atoms with Crippen molar-refractivity contribution in [3.8, 4) is 0 Å². The van der Waals surface area contributed by atoms with Gasteiger partial charge in [-0.15, -0.1) is 0 Å². The van der Waals surface area contributed by atoms with Gasteiger partial charge in [0.15, 0.2) is 0 Å². The van der Waals surface area contributed by atoms with Gasteiger partial charge in [0, 0.05) is 17.3 Å². The van der Waals surface area contributed by atoms with E-state index in [0.29, 0.717) is 11.3 Å². The van der Waals surface area contributed by atoms with Crippen LogP contribution in [-0.4, -0.2) is 18.0 Å². The summed E-state index contributed by atoms with van der Waals surface area (Å²) in [6.45, 7) is 6.09. The van der Waals surface area contributed by atoms with Crippen LogP contribution in [0.1, 0.15) is 41.8 Å². The molecule has 1 atom stereocenters. The maximum absolute atomic E-state index is 12.1. The van der Waals surface area contributed by atoms with Gasteiger partial charge in [-0.3, -0.25) is 9.63 Å². The molecule has 138 valence electrons. The largest absolute Gasteiger partial charge is 0.350 e. The summed E-state index contributed by atoms with van der Waals surface area (Å²) in [5, 5.41) is 5.63. The van der Waals surface area contributed by atoms with Gasteiger partial charge in [-0.25, -0.2) is 10.3 Å². The van der Waals surface area contributed by atoms with Gasteiger partial charge in [0.05, 0.1) is 6.61 Å². The van der Waals surface area contributed by atoms with Crippen molar-refractivity contribution in [2.75, 3.05) is 5.32 Å². The van der Waals surface area contributed by atoms with Crippen molar-refractivity contribution in [1.29, 1.82) is 0 Å². The fourth-order valence-corrected chi connectivity index (χ4v) is 2.26. The number of aryl methyl sites for hydroxylation is 1. The standard InChI is InChI=1S/C20H25N3O3/c1-4-15(3)21-19(24)17-10-11-18(14(2)12-17)22-20(25)23-26-13-16-8-6-5-7-9-16/h5-12,15H,4,13H2,1-3H3,(H,21,24)(H2,22,23,25). The number of urea groups is 1. The van der Waals surface area contributed by atoms with Crippen LogP contribution in [0.3, 0.4) is 0 Å². The minimum Gasteiger partial charge on any atom is -0.350 e. The predicted octanol–water partition coefficient (Wildman–Crippen LogP) is 3.78. The van der Waals surface area contributed by atoms with Gasteiger partial charge in [0.2, 0.25) is 0 Å². The van der Waals surface area contributed by atoms with Crippen LogP contribution < -0.4 is 16.1 Å². The van der Waals surface area contributed by atoms with E-state index in [-0.39, 0.29) is 18.6 Å². The molecule has 0 saturated heterocycles. The fraction of sp³-hybridized carbons (Fsp3) is 0.300. The number of rotatable bonds is 7. The SMILES string of the molecule is CCC(C)NC(=O)c1ccc(NC(=O)NOCc2ccccc2)c(C)c1. The molecule has 0 aliphatic carbocycles. The molecule has 0 spiro atoms. The first-order valence-electron chi connectivity index (χ1n) is 8.63. The molecule has 2 rings (SSSR count). The first-order valence-corrected chi connectivity index (χ1v) is 8.63. The summed E-state index contributed by atoms with van der Waals surface area (Å²) in [6, 6.07) is 14.3. The molecular weight excluding hydrogens is 330 g/mol. The number of nitrogens with one attached hydrogen (secondary N) is 3. The minimum absolute atomic E-state index is 0.119. The molecule has 6 heteroatoms. The zero-order valence-corrected chi connectivity index (χ0v) is 15.3. The lowest BCUT2D eigenvalue weighted by molar-refractivity contribution is 0.0536. The highest BCUT2D eigenvalue weighted by molar-refractivity contribution is 5.96. The van der Waals surface area contributed by atoms with Crippen LogP contribution >= 0.6 is 0 Å². The number of hydrogen-bond donors (Lipinski definition) is 3. The van der Waals surface area contributed by atoms with Gasteiger partial charge in [-0.2, -0.15) is 0 Å². The third-order valence-corrected chi connectivity index (χ3v) is 3.97. The van der Waals surface area contributed by atoms with Crippen LogP contribution in [0.5, 0.6) is 0 Å². The molecule has 3 amide bonds. The van der Waals surface area contributed by atoms with E-state index in [0.717, 1.165) is 17.5 Å². The summed E-state index contributed by atoms with van der Waals surface area (Å²) >= 11 is 0. The van der Waals surface area contributed by atoms with Crippen molar-refractivity contribution in [2.24, 2.45) is 0 Å². The molecule has 3 N–H and O–H groups in total. The van der Waals surface area contributed by atoms with E-state index in [1.54, 1.807) is 18.2 Å². The molecule has 0 bridgehead atoms. The Morgan fingerprint density at radius 1 is 1.12 bits per heavy atom. The minimum atomic E-state index is -0.471. The van der Waals surface area contributed by atoms with Crippen molar-refractivity contribution in [2.45, 2.75) is 39.8 Å². The van der Waals surface area contributed by atoms with E-state index < -0.39 is 6.03 Å². The van der Waals surface area contributed by atoms with Crippen molar-refractivity contribution in [3.05, 3.63) is 65.2 Å². The Morgan fingerprint density at radius 2 is 1.85 bits per heavy atom. The second-order valence-corrected chi connectivity index (χ2v) is 6.14. The molecule has 0 saturated carbocycles. The molecule has 0 aliphatic heterocycles. The molecule has 0 radical (unpaired) electrons. The summed E-state index contributed by atoms with van der Waals surface area (Å²) in [5.74, 6) is -0.121. The van der Waals surface area contributed by atoms with Crippen LogP contribution in [-0.2, 0) is 11.4 Å². The second-order valence-electron chi connectivity index (χ2n) is 6.14. The normalized spacial score (nSPS) is 11.5. The van der Waals surface area contributed by atoms with Gasteiger partial charge in [0.1, 0.15) is 0 Å². The zero-order valence-electron chi connectivity index (χ0n) is 15.3. The summed E-state index contributed by atoms with van der Waals surface area (Å²) < 4.78 is 0. The molecule has 1 unspecified atom stereocenters. The van der Waals surface area contributed by atoms with Gasteiger partial charge in [-0.1, -0.05) is 37.3 Å². The topological polar surface area (TPSA) is 79.5 Å². The third kappa shape index (κ3) is 5.89. The Balaban J connectivity index is 1.86. The first-order chi connectivity index (χ1) is 12.5. The maximum atomic E-state index is 12.1. The molecule has 26 heavy (non-hydrogen) atoms. The van der Waals surface area contributed by atoms with Crippen molar-refractivity contribution in [3.63, 3.8) is 0 Å². The monoisotopic (exact) mass is 355 g/mol. The Bertz CT molecular complexity index is 747. The summed E-state index contributed by atoms with van der Waals surface area (Å²) in [7, 11) is 0. The Labute approximate surface area is 153 Å². The molecule has 2 aromatic carbocycles. The lowest BCUT2D eigenvalue weighted by Gasteiger charge is -2.13. The van der Waals surface area contributed by atoms with Gasteiger partial charge < -0.3 is 10.6 Å². The average molecular weight is 355 g/mol. The van der Waals surface area contributed by atoms with Crippen LogP contribution in [0.15, 0.2) is 48.5 Å². The summed E-state index contributed by atoms with van der Waals surface area (Å²) in [4.78, 5) is 29.3. The number of hydrogen-bond acceptors (Lipinski definition) is 3. The predicted molar refractivity (Wildman–Crippen MR) is 102 cm³/mol. The van der Waals surface area contributed by atoms with E-state index in [2.05, 4.69) is 16.1 Å². The van der Waals surface area contributed by atoms with Crippen molar-refractivity contribution < 1.29 is 14.4 Å². The van der Waals surface area contributed by atoms with Gasteiger partial charge in [0.25, 0.3) is 5.91 Å². The molecule has 0 aromatic heterocycles. The molecule has 0 aliphatic rings. The molecule has 2 aromatic rings.